The summed E-state index contributed by atoms with van der Waals surface area (Å²) in [5.74, 6) is -0.141. The molecule has 6 rings (SSSR count). The molecule has 1 nitrogen and oxygen atoms in total. The van der Waals surface area contributed by atoms with Gasteiger partial charge < -0.3 is 0 Å². The summed E-state index contributed by atoms with van der Waals surface area (Å²) in [6.45, 7) is 6.95. The molecule has 1 aromatic heterocycles. The summed E-state index contributed by atoms with van der Waals surface area (Å²) in [5.41, 5.74) is 10.2. The van der Waals surface area contributed by atoms with E-state index in [2.05, 4.69) is 105 Å². The Morgan fingerprint density at radius 1 is 0.611 bits per heavy atom. The van der Waals surface area contributed by atoms with Gasteiger partial charge in [0.25, 0.3) is 0 Å². The first-order valence-corrected chi connectivity index (χ1v) is 15.5. The van der Waals surface area contributed by atoms with Gasteiger partial charge in [-0.05, 0) is 62.8 Å². The fourth-order valence-electron chi connectivity index (χ4n) is 6.01. The van der Waals surface area contributed by atoms with Crippen molar-refractivity contribution in [1.29, 1.82) is 0 Å². The molecule has 1 aliphatic heterocycles. The lowest BCUT2D eigenvalue weighted by Gasteiger charge is -2.25. The Morgan fingerprint density at radius 3 is 1.89 bits per heavy atom. The van der Waals surface area contributed by atoms with Crippen molar-refractivity contribution in [3.8, 4) is 44.6 Å². The van der Waals surface area contributed by atoms with Crippen molar-refractivity contribution in [2.45, 2.75) is 20.0 Å². The first-order valence-electron chi connectivity index (χ1n) is 12.5. The summed E-state index contributed by atoms with van der Waals surface area (Å²) >= 11 is 0. The first-order chi connectivity index (χ1) is 17.4. The van der Waals surface area contributed by atoms with Gasteiger partial charge in [0.05, 0.1) is 0 Å². The van der Waals surface area contributed by atoms with Gasteiger partial charge in [0, 0.05) is 23.3 Å². The van der Waals surface area contributed by atoms with Gasteiger partial charge in [-0.15, -0.1) is 0 Å². The molecule has 5 aromatic rings. The summed E-state index contributed by atoms with van der Waals surface area (Å²) in [6, 6.07) is 33.2. The highest BCUT2D eigenvalue weighted by Crippen LogP contribution is 2.38. The molecule has 0 unspecified atom stereocenters. The third kappa shape index (κ3) is 3.38. The quantitative estimate of drug-likeness (QED) is 0.196. The van der Waals surface area contributed by atoms with Crippen LogP contribution in [0.1, 0.15) is 5.56 Å². The Labute approximate surface area is 213 Å². The Balaban J connectivity index is 1.57. The molecule has 0 fully saturated rings. The van der Waals surface area contributed by atoms with E-state index in [1.807, 2.05) is 24.3 Å². The van der Waals surface area contributed by atoms with E-state index in [1.165, 1.54) is 43.9 Å². The molecule has 0 amide bonds. The van der Waals surface area contributed by atoms with E-state index in [-0.39, 0.29) is 5.82 Å². The van der Waals surface area contributed by atoms with E-state index in [0.717, 1.165) is 16.7 Å². The first kappa shape index (κ1) is 22.6. The Bertz CT molecular complexity index is 1620. The van der Waals surface area contributed by atoms with Crippen molar-refractivity contribution >= 4 is 18.4 Å². The van der Waals surface area contributed by atoms with Gasteiger partial charge in [-0.1, -0.05) is 85.9 Å². The zero-order valence-corrected chi connectivity index (χ0v) is 22.1. The van der Waals surface area contributed by atoms with Gasteiger partial charge in [0.1, 0.15) is 20.9 Å². The second-order valence-electron chi connectivity index (χ2n) is 10.3. The lowest BCUT2D eigenvalue weighted by atomic mass is 9.94. The van der Waals surface area contributed by atoms with Crippen molar-refractivity contribution in [2.24, 2.45) is 7.05 Å². The maximum atomic E-state index is 15.7. The topological polar surface area (TPSA) is 3.88 Å². The minimum Gasteiger partial charge on any atom is -0.206 e. The van der Waals surface area contributed by atoms with Crippen molar-refractivity contribution < 1.29 is 8.96 Å². The molecule has 0 spiro atoms. The normalized spacial score (nSPS) is 13.4. The minimum absolute atomic E-state index is 0.141. The Kier molecular flexibility index (Phi) is 5.27. The van der Waals surface area contributed by atoms with Crippen LogP contribution in [0.2, 0.25) is 13.1 Å². The summed E-state index contributed by atoms with van der Waals surface area (Å²) in [7, 11) is -0.151. The SMILES string of the molecule is Cc1ccc2c(c1-c1cccc[n+]1C)[Si](C)(C)c1c-2ccc(F)c1-c1ccc(-c2ccccc2)cc1. The Hall–Kier alpha value is -3.82. The third-order valence-corrected chi connectivity index (χ3v) is 11.2. The van der Waals surface area contributed by atoms with Crippen molar-refractivity contribution in [1.82, 2.24) is 0 Å². The molecule has 0 atom stereocenters. The van der Waals surface area contributed by atoms with E-state index >= 15 is 4.39 Å². The van der Waals surface area contributed by atoms with Gasteiger partial charge in [-0.2, -0.15) is 0 Å². The van der Waals surface area contributed by atoms with Crippen LogP contribution in [0.15, 0.2) is 103 Å². The smallest absolute Gasteiger partial charge is 0.206 e. The minimum atomic E-state index is -2.25. The number of fused-ring (bicyclic) bond motifs is 3. The van der Waals surface area contributed by atoms with Crippen LogP contribution in [0, 0.1) is 12.7 Å². The maximum absolute atomic E-state index is 15.7. The predicted molar refractivity (Wildman–Crippen MR) is 151 cm³/mol. The number of rotatable bonds is 3. The highest BCUT2D eigenvalue weighted by Gasteiger charge is 2.43. The van der Waals surface area contributed by atoms with Gasteiger partial charge in [0.2, 0.25) is 5.69 Å². The number of benzene rings is 4. The molecule has 1 aliphatic rings. The van der Waals surface area contributed by atoms with E-state index in [1.54, 1.807) is 6.07 Å². The van der Waals surface area contributed by atoms with Crippen LogP contribution in [-0.2, 0) is 7.05 Å². The number of pyridine rings is 1. The van der Waals surface area contributed by atoms with E-state index in [4.69, 9.17) is 0 Å². The average Bonchev–Trinajstić information content (AvgIpc) is 3.12. The molecule has 176 valence electrons. The number of aromatic nitrogens is 1. The molecule has 3 heteroatoms. The molecular weight excluding hydrogens is 457 g/mol. The molecule has 36 heavy (non-hydrogen) atoms. The molecule has 4 aromatic carbocycles. The number of halogens is 1. The van der Waals surface area contributed by atoms with Crippen LogP contribution in [0.25, 0.3) is 44.6 Å². The molecule has 2 heterocycles. The van der Waals surface area contributed by atoms with E-state index in [9.17, 15) is 0 Å². The highest BCUT2D eigenvalue weighted by atomic mass is 28.3. The third-order valence-electron chi connectivity index (χ3n) is 7.70. The van der Waals surface area contributed by atoms with E-state index in [0.29, 0.717) is 0 Å². The van der Waals surface area contributed by atoms with Crippen LogP contribution in [0.3, 0.4) is 0 Å². The predicted octanol–water partition coefficient (Wildman–Crippen LogP) is 6.76. The maximum Gasteiger partial charge on any atom is 0.212 e. The number of aryl methyl sites for hydroxylation is 2. The van der Waals surface area contributed by atoms with Gasteiger partial charge in [-0.25, -0.2) is 8.96 Å². The second kappa shape index (κ2) is 8.39. The molecule has 0 N–H and O–H groups in total. The van der Waals surface area contributed by atoms with E-state index < -0.39 is 8.07 Å². The summed E-state index contributed by atoms with van der Waals surface area (Å²) in [4.78, 5) is 0. The summed E-state index contributed by atoms with van der Waals surface area (Å²) < 4.78 is 17.9. The molecule has 0 aliphatic carbocycles. The van der Waals surface area contributed by atoms with Crippen LogP contribution >= 0.6 is 0 Å². The van der Waals surface area contributed by atoms with Crippen LogP contribution in [0.5, 0.6) is 0 Å². The van der Waals surface area contributed by atoms with Crippen LogP contribution in [0.4, 0.5) is 4.39 Å². The average molecular weight is 487 g/mol. The van der Waals surface area contributed by atoms with Crippen molar-refractivity contribution in [2.75, 3.05) is 0 Å². The monoisotopic (exact) mass is 486 g/mol. The lowest BCUT2D eigenvalue weighted by Crippen LogP contribution is -2.52. The zero-order chi connectivity index (χ0) is 25.0. The molecule has 0 radical (unpaired) electrons. The fraction of sp³-hybridized carbons (Fsp3) is 0.121. The highest BCUT2D eigenvalue weighted by molar-refractivity contribution is 7.05. The molecule has 0 bridgehead atoms. The second-order valence-corrected chi connectivity index (χ2v) is 14.5. The van der Waals surface area contributed by atoms with Gasteiger partial charge >= 0.3 is 0 Å². The Morgan fingerprint density at radius 2 is 1.19 bits per heavy atom. The summed E-state index contributed by atoms with van der Waals surface area (Å²) in [6.07, 6.45) is 2.10. The fourth-order valence-corrected chi connectivity index (χ4v) is 9.88. The number of hydrogen-bond donors (Lipinski definition) is 0. The zero-order valence-electron chi connectivity index (χ0n) is 21.1. The number of hydrogen-bond acceptors (Lipinski definition) is 0. The standard InChI is InChI=1S/C33H29FNSi/c1-22-13-18-26-27-19-20-28(34)31(25-16-14-24(15-17-25)23-10-6-5-7-11-23)33(27)36(3,4)32(26)30(22)29-12-8-9-21-35(29)2/h5-21H,1-4H3/q+1. The summed E-state index contributed by atoms with van der Waals surface area (Å²) in [5, 5.41) is 2.61. The number of nitrogens with zero attached hydrogens (tertiary/aromatic N) is 1. The lowest BCUT2D eigenvalue weighted by molar-refractivity contribution is -0.660. The molecular formula is C33H29FNSi+. The molecule has 0 saturated carbocycles. The van der Waals surface area contributed by atoms with Gasteiger partial charge in [-0.3, -0.25) is 0 Å². The van der Waals surface area contributed by atoms with Crippen molar-refractivity contribution in [3.05, 3.63) is 115 Å². The molecule has 0 saturated heterocycles. The van der Waals surface area contributed by atoms with Crippen LogP contribution in [-0.4, -0.2) is 8.07 Å². The largest absolute Gasteiger partial charge is 0.212 e. The van der Waals surface area contributed by atoms with Gasteiger partial charge in [0.15, 0.2) is 6.20 Å². The van der Waals surface area contributed by atoms with Crippen LogP contribution < -0.4 is 14.9 Å². The van der Waals surface area contributed by atoms with Crippen molar-refractivity contribution in [3.63, 3.8) is 0 Å².